The van der Waals surface area contributed by atoms with E-state index in [2.05, 4.69) is 59.0 Å². The fourth-order valence-corrected chi connectivity index (χ4v) is 2.88. The topological polar surface area (TPSA) is 50.1 Å². The number of fused-ring (bicyclic) bond motifs is 1. The molecule has 3 aromatic rings. The van der Waals surface area contributed by atoms with Crippen molar-refractivity contribution in [2.24, 2.45) is 5.41 Å². The largest absolute Gasteiger partial charge is 0.396 e. The molecular weight excluding hydrogens is 298 g/mol. The first-order chi connectivity index (χ1) is 11.6. The van der Waals surface area contributed by atoms with Crippen LogP contribution in [0.3, 0.4) is 0 Å². The van der Waals surface area contributed by atoms with E-state index in [1.165, 1.54) is 5.56 Å². The molecule has 0 fully saturated rings. The van der Waals surface area contributed by atoms with Gasteiger partial charge in [0.15, 0.2) is 0 Å². The Kier molecular flexibility index (Phi) is 4.97. The number of imidazole rings is 1. The van der Waals surface area contributed by atoms with Crippen molar-refractivity contribution in [1.29, 1.82) is 0 Å². The van der Waals surface area contributed by atoms with Gasteiger partial charge in [-0.15, -0.1) is 0 Å². The summed E-state index contributed by atoms with van der Waals surface area (Å²) < 4.78 is 2.11. The third-order valence-corrected chi connectivity index (χ3v) is 4.39. The third kappa shape index (κ3) is 3.83. The second-order valence-electron chi connectivity index (χ2n) is 7.01. The number of para-hydroxylation sites is 2. The lowest BCUT2D eigenvalue weighted by Crippen LogP contribution is -2.29. The number of hydrogen-bond acceptors (Lipinski definition) is 3. The normalized spacial score (nSPS) is 12.0. The first kappa shape index (κ1) is 16.7. The van der Waals surface area contributed by atoms with Crippen LogP contribution in [0, 0.1) is 5.41 Å². The molecule has 0 spiro atoms. The molecule has 1 heterocycles. The fraction of sp³-hybridized carbons (Fsp3) is 0.350. The summed E-state index contributed by atoms with van der Waals surface area (Å²) in [4.78, 5) is 4.44. The summed E-state index contributed by atoms with van der Waals surface area (Å²) in [6.07, 6.45) is 2.68. The lowest BCUT2D eigenvalue weighted by atomic mass is 9.90. The van der Waals surface area contributed by atoms with Gasteiger partial charge >= 0.3 is 0 Å². The Bertz CT molecular complexity index is 790. The van der Waals surface area contributed by atoms with Crippen molar-refractivity contribution in [3.05, 3.63) is 60.4 Å². The van der Waals surface area contributed by atoms with Gasteiger partial charge in [0.05, 0.1) is 11.0 Å². The van der Waals surface area contributed by atoms with Crippen LogP contribution in [0.4, 0.5) is 0 Å². The van der Waals surface area contributed by atoms with Crippen LogP contribution in [0.2, 0.25) is 0 Å². The van der Waals surface area contributed by atoms with Gasteiger partial charge in [-0.3, -0.25) is 4.57 Å². The standard InChI is InChI=1S/C20H25N3O/c1-20(2,11-12-24)14-21-13-16-7-9-17(10-8-16)23-15-22-18-5-3-4-6-19(18)23/h3-10,15,21,24H,11-14H2,1-2H3. The van der Waals surface area contributed by atoms with Crippen LogP contribution >= 0.6 is 0 Å². The van der Waals surface area contributed by atoms with Gasteiger partial charge < -0.3 is 10.4 Å². The molecule has 0 saturated heterocycles. The maximum absolute atomic E-state index is 9.08. The molecule has 4 nitrogen and oxygen atoms in total. The summed E-state index contributed by atoms with van der Waals surface area (Å²) in [5.41, 5.74) is 4.62. The molecule has 24 heavy (non-hydrogen) atoms. The van der Waals surface area contributed by atoms with E-state index in [0.717, 1.165) is 36.2 Å². The quantitative estimate of drug-likeness (QED) is 0.699. The van der Waals surface area contributed by atoms with Crippen LogP contribution in [-0.4, -0.2) is 27.8 Å². The zero-order valence-electron chi connectivity index (χ0n) is 14.4. The first-order valence-corrected chi connectivity index (χ1v) is 8.42. The summed E-state index contributed by atoms with van der Waals surface area (Å²) in [7, 11) is 0. The minimum absolute atomic E-state index is 0.115. The molecule has 2 aromatic carbocycles. The predicted octanol–water partition coefficient (Wildman–Crippen LogP) is 3.52. The van der Waals surface area contributed by atoms with Crippen molar-refractivity contribution in [3.8, 4) is 5.69 Å². The highest BCUT2D eigenvalue weighted by Gasteiger charge is 2.16. The zero-order chi connectivity index (χ0) is 17.0. The van der Waals surface area contributed by atoms with Gasteiger partial charge in [-0.2, -0.15) is 0 Å². The number of benzene rings is 2. The summed E-state index contributed by atoms with van der Waals surface area (Å²) in [6, 6.07) is 16.7. The molecule has 4 heteroatoms. The van der Waals surface area contributed by atoms with E-state index < -0.39 is 0 Å². The lowest BCUT2D eigenvalue weighted by molar-refractivity contribution is 0.207. The van der Waals surface area contributed by atoms with E-state index in [-0.39, 0.29) is 12.0 Å². The Morgan fingerprint density at radius 2 is 1.83 bits per heavy atom. The molecule has 3 rings (SSSR count). The van der Waals surface area contributed by atoms with E-state index in [1.807, 2.05) is 24.5 Å². The Labute approximate surface area is 143 Å². The average molecular weight is 323 g/mol. The van der Waals surface area contributed by atoms with Crippen LogP contribution < -0.4 is 5.32 Å². The fourth-order valence-electron chi connectivity index (χ4n) is 2.88. The molecule has 0 saturated carbocycles. The van der Waals surface area contributed by atoms with Crippen LogP contribution in [0.5, 0.6) is 0 Å². The van der Waals surface area contributed by atoms with Crippen LogP contribution in [0.15, 0.2) is 54.9 Å². The van der Waals surface area contributed by atoms with Crippen LogP contribution in [0.25, 0.3) is 16.7 Å². The summed E-state index contributed by atoms with van der Waals surface area (Å²) in [5, 5.41) is 12.6. The molecule has 0 atom stereocenters. The number of hydrogen-bond donors (Lipinski definition) is 2. The Hall–Kier alpha value is -2.17. The van der Waals surface area contributed by atoms with Crippen molar-refractivity contribution in [3.63, 3.8) is 0 Å². The number of nitrogens with one attached hydrogen (secondary N) is 1. The van der Waals surface area contributed by atoms with Gasteiger partial charge in [0, 0.05) is 25.4 Å². The van der Waals surface area contributed by atoms with Crippen molar-refractivity contribution in [1.82, 2.24) is 14.9 Å². The monoisotopic (exact) mass is 323 g/mol. The highest BCUT2D eigenvalue weighted by Crippen LogP contribution is 2.20. The van der Waals surface area contributed by atoms with Gasteiger partial charge in [-0.05, 0) is 41.7 Å². The Balaban J connectivity index is 1.66. The molecule has 0 unspecified atom stereocenters. The number of nitrogens with zero attached hydrogens (tertiary/aromatic N) is 2. The predicted molar refractivity (Wildman–Crippen MR) is 98.3 cm³/mol. The van der Waals surface area contributed by atoms with Crippen molar-refractivity contribution in [2.75, 3.05) is 13.2 Å². The molecular formula is C20H25N3O. The van der Waals surface area contributed by atoms with E-state index in [0.29, 0.717) is 0 Å². The van der Waals surface area contributed by atoms with E-state index in [1.54, 1.807) is 0 Å². The number of aliphatic hydroxyl groups is 1. The SMILES string of the molecule is CC(C)(CCO)CNCc1ccc(-n2cnc3ccccc32)cc1. The summed E-state index contributed by atoms with van der Waals surface area (Å²) in [6.45, 7) is 6.30. The Morgan fingerprint density at radius 1 is 1.08 bits per heavy atom. The molecule has 0 aliphatic rings. The summed E-state index contributed by atoms with van der Waals surface area (Å²) >= 11 is 0. The lowest BCUT2D eigenvalue weighted by Gasteiger charge is -2.24. The average Bonchev–Trinajstić information content (AvgIpc) is 2.99. The number of aromatic nitrogens is 2. The second-order valence-corrected chi connectivity index (χ2v) is 7.01. The van der Waals surface area contributed by atoms with E-state index >= 15 is 0 Å². The number of aliphatic hydroxyl groups excluding tert-OH is 1. The molecule has 0 bridgehead atoms. The molecule has 126 valence electrons. The maximum atomic E-state index is 9.08. The van der Waals surface area contributed by atoms with Crippen molar-refractivity contribution in [2.45, 2.75) is 26.8 Å². The molecule has 0 aliphatic heterocycles. The molecule has 1 aromatic heterocycles. The van der Waals surface area contributed by atoms with Gasteiger partial charge in [-0.25, -0.2) is 4.98 Å². The van der Waals surface area contributed by atoms with Crippen LogP contribution in [-0.2, 0) is 6.54 Å². The van der Waals surface area contributed by atoms with E-state index in [9.17, 15) is 0 Å². The maximum Gasteiger partial charge on any atom is 0.100 e. The third-order valence-electron chi connectivity index (χ3n) is 4.39. The first-order valence-electron chi connectivity index (χ1n) is 8.42. The van der Waals surface area contributed by atoms with E-state index in [4.69, 9.17) is 5.11 Å². The van der Waals surface area contributed by atoms with Crippen LogP contribution in [0.1, 0.15) is 25.8 Å². The van der Waals surface area contributed by atoms with Gasteiger partial charge in [0.1, 0.15) is 6.33 Å². The molecule has 0 aliphatic carbocycles. The molecule has 0 radical (unpaired) electrons. The minimum Gasteiger partial charge on any atom is -0.396 e. The molecule has 0 amide bonds. The molecule has 2 N–H and O–H groups in total. The summed E-state index contributed by atoms with van der Waals surface area (Å²) in [5.74, 6) is 0. The van der Waals surface area contributed by atoms with Gasteiger partial charge in [0.25, 0.3) is 0 Å². The highest BCUT2D eigenvalue weighted by molar-refractivity contribution is 5.77. The van der Waals surface area contributed by atoms with Gasteiger partial charge in [-0.1, -0.05) is 38.1 Å². The highest BCUT2D eigenvalue weighted by atomic mass is 16.3. The second kappa shape index (κ2) is 7.16. The number of rotatable bonds is 7. The van der Waals surface area contributed by atoms with Crippen molar-refractivity contribution < 1.29 is 5.11 Å². The zero-order valence-corrected chi connectivity index (χ0v) is 14.4. The Morgan fingerprint density at radius 3 is 2.58 bits per heavy atom. The minimum atomic E-state index is 0.115. The van der Waals surface area contributed by atoms with Gasteiger partial charge in [0.2, 0.25) is 0 Å². The smallest absolute Gasteiger partial charge is 0.100 e. The van der Waals surface area contributed by atoms with Crippen molar-refractivity contribution >= 4 is 11.0 Å².